The van der Waals surface area contributed by atoms with Crippen molar-refractivity contribution in [2.24, 2.45) is 0 Å². The first-order chi connectivity index (χ1) is 10.5. The van der Waals surface area contributed by atoms with Crippen molar-refractivity contribution < 1.29 is 19.1 Å². The molecule has 5 nitrogen and oxygen atoms in total. The van der Waals surface area contributed by atoms with Gasteiger partial charge in [0.1, 0.15) is 5.75 Å². The summed E-state index contributed by atoms with van der Waals surface area (Å²) < 4.78 is 9.94. The number of methoxy groups -OCH3 is 1. The summed E-state index contributed by atoms with van der Waals surface area (Å²) in [5, 5.41) is 2.77. The number of ether oxygens (including phenoxy) is 2. The van der Waals surface area contributed by atoms with E-state index < -0.39 is 5.97 Å². The molecule has 0 aliphatic heterocycles. The molecule has 5 heteroatoms. The van der Waals surface area contributed by atoms with Gasteiger partial charge in [-0.2, -0.15) is 0 Å². The fourth-order valence-electron chi connectivity index (χ4n) is 1.89. The van der Waals surface area contributed by atoms with E-state index >= 15 is 0 Å². The number of hydrogen-bond acceptors (Lipinski definition) is 4. The van der Waals surface area contributed by atoms with Gasteiger partial charge in [-0.05, 0) is 37.1 Å². The zero-order valence-electron chi connectivity index (χ0n) is 13.3. The summed E-state index contributed by atoms with van der Waals surface area (Å²) >= 11 is 0. The van der Waals surface area contributed by atoms with Crippen molar-refractivity contribution in [3.63, 3.8) is 0 Å². The minimum absolute atomic E-state index is 0.0889. The second kappa shape index (κ2) is 9.60. The molecule has 0 aliphatic rings. The number of amides is 1. The van der Waals surface area contributed by atoms with Gasteiger partial charge in [0.15, 0.2) is 6.61 Å². The maximum atomic E-state index is 11.6. The Labute approximate surface area is 131 Å². The van der Waals surface area contributed by atoms with Crippen LogP contribution in [0.2, 0.25) is 0 Å². The Morgan fingerprint density at radius 3 is 2.55 bits per heavy atom. The monoisotopic (exact) mass is 305 g/mol. The van der Waals surface area contributed by atoms with Crippen LogP contribution in [0.3, 0.4) is 0 Å². The Balaban J connectivity index is 2.35. The van der Waals surface area contributed by atoms with Crippen LogP contribution in [-0.4, -0.2) is 31.6 Å². The van der Waals surface area contributed by atoms with Gasteiger partial charge < -0.3 is 14.8 Å². The molecule has 0 heterocycles. The van der Waals surface area contributed by atoms with Crippen LogP contribution in [0.5, 0.6) is 5.75 Å². The largest absolute Gasteiger partial charge is 0.497 e. The lowest BCUT2D eigenvalue weighted by Gasteiger charge is -2.12. The topological polar surface area (TPSA) is 64.6 Å². The van der Waals surface area contributed by atoms with Gasteiger partial charge in [0, 0.05) is 12.1 Å². The maximum Gasteiger partial charge on any atom is 0.331 e. The lowest BCUT2D eigenvalue weighted by Crippen LogP contribution is -2.35. The van der Waals surface area contributed by atoms with E-state index in [-0.39, 0.29) is 18.6 Å². The normalized spacial score (nSPS) is 12.0. The first-order valence-electron chi connectivity index (χ1n) is 7.33. The summed E-state index contributed by atoms with van der Waals surface area (Å²) in [5.41, 5.74) is 0.846. The molecule has 0 saturated heterocycles. The Kier molecular flexibility index (Phi) is 7.75. The zero-order chi connectivity index (χ0) is 16.4. The smallest absolute Gasteiger partial charge is 0.331 e. The number of nitrogens with one attached hydrogen (secondary N) is 1. The molecular weight excluding hydrogens is 282 g/mol. The van der Waals surface area contributed by atoms with Crippen LogP contribution < -0.4 is 10.1 Å². The molecule has 0 saturated carbocycles. The maximum absolute atomic E-state index is 11.6. The number of carbonyl (C=O) groups excluding carboxylic acids is 2. The van der Waals surface area contributed by atoms with Gasteiger partial charge >= 0.3 is 5.97 Å². The third-order valence-corrected chi connectivity index (χ3v) is 3.00. The van der Waals surface area contributed by atoms with Crippen LogP contribution in [0.1, 0.15) is 32.3 Å². The second-order valence-electron chi connectivity index (χ2n) is 4.97. The standard InChI is InChI=1S/C17H23NO4/c1-4-5-13(2)18-16(19)12-22-17(20)11-8-14-6-9-15(21-3)10-7-14/h6-11,13H,4-5,12H2,1-3H3,(H,18,19)/b11-8+/t13-/m1/s1. The molecule has 1 atom stereocenters. The molecule has 1 rings (SSSR count). The van der Waals surface area contributed by atoms with Crippen molar-refractivity contribution in [3.8, 4) is 5.75 Å². The number of esters is 1. The van der Waals surface area contributed by atoms with E-state index in [0.717, 1.165) is 24.2 Å². The highest BCUT2D eigenvalue weighted by atomic mass is 16.5. The predicted molar refractivity (Wildman–Crippen MR) is 85.5 cm³/mol. The van der Waals surface area contributed by atoms with Crippen LogP contribution in [-0.2, 0) is 14.3 Å². The summed E-state index contributed by atoms with van der Waals surface area (Å²) in [5.74, 6) is -0.0844. The van der Waals surface area contributed by atoms with Crippen LogP contribution in [0, 0.1) is 0 Å². The van der Waals surface area contributed by atoms with E-state index in [9.17, 15) is 9.59 Å². The van der Waals surface area contributed by atoms with Crippen molar-refractivity contribution >= 4 is 18.0 Å². The van der Waals surface area contributed by atoms with Gasteiger partial charge in [-0.15, -0.1) is 0 Å². The SMILES string of the molecule is CCC[C@@H](C)NC(=O)COC(=O)/C=C/c1ccc(OC)cc1. The van der Waals surface area contributed by atoms with Gasteiger partial charge in [0.2, 0.25) is 0 Å². The van der Waals surface area contributed by atoms with Crippen LogP contribution >= 0.6 is 0 Å². The van der Waals surface area contributed by atoms with E-state index in [2.05, 4.69) is 5.32 Å². The van der Waals surface area contributed by atoms with E-state index in [0.29, 0.717) is 0 Å². The van der Waals surface area contributed by atoms with Crippen LogP contribution in [0.15, 0.2) is 30.3 Å². The zero-order valence-corrected chi connectivity index (χ0v) is 13.3. The van der Waals surface area contributed by atoms with Gasteiger partial charge in [-0.1, -0.05) is 25.5 Å². The summed E-state index contributed by atoms with van der Waals surface area (Å²) in [7, 11) is 1.59. The molecule has 0 aliphatic carbocycles. The highest BCUT2D eigenvalue weighted by Gasteiger charge is 2.08. The predicted octanol–water partition coefficient (Wildman–Crippen LogP) is 2.56. The summed E-state index contributed by atoms with van der Waals surface area (Å²) in [6.07, 6.45) is 4.81. The number of benzene rings is 1. The van der Waals surface area contributed by atoms with Gasteiger partial charge in [-0.25, -0.2) is 4.79 Å². The third-order valence-electron chi connectivity index (χ3n) is 3.00. The summed E-state index contributed by atoms with van der Waals surface area (Å²) in [4.78, 5) is 23.1. The highest BCUT2D eigenvalue weighted by Crippen LogP contribution is 2.12. The second-order valence-corrected chi connectivity index (χ2v) is 4.97. The fraction of sp³-hybridized carbons (Fsp3) is 0.412. The Morgan fingerprint density at radius 1 is 1.27 bits per heavy atom. The lowest BCUT2D eigenvalue weighted by atomic mass is 10.2. The van der Waals surface area contributed by atoms with Crippen molar-refractivity contribution in [2.75, 3.05) is 13.7 Å². The van der Waals surface area contributed by atoms with Gasteiger partial charge in [-0.3, -0.25) is 4.79 Å². The Morgan fingerprint density at radius 2 is 1.95 bits per heavy atom. The first-order valence-corrected chi connectivity index (χ1v) is 7.33. The quantitative estimate of drug-likeness (QED) is 0.592. The van der Waals surface area contributed by atoms with E-state index in [1.807, 2.05) is 26.0 Å². The highest BCUT2D eigenvalue weighted by molar-refractivity contribution is 5.89. The number of carbonyl (C=O) groups is 2. The van der Waals surface area contributed by atoms with Gasteiger partial charge in [0.25, 0.3) is 5.91 Å². The number of hydrogen-bond donors (Lipinski definition) is 1. The molecule has 1 N–H and O–H groups in total. The third kappa shape index (κ3) is 6.92. The van der Waals surface area contributed by atoms with Crippen molar-refractivity contribution in [1.29, 1.82) is 0 Å². The molecule has 22 heavy (non-hydrogen) atoms. The van der Waals surface area contributed by atoms with Crippen molar-refractivity contribution in [3.05, 3.63) is 35.9 Å². The molecule has 120 valence electrons. The fourth-order valence-corrected chi connectivity index (χ4v) is 1.89. The Hall–Kier alpha value is -2.30. The van der Waals surface area contributed by atoms with E-state index in [1.54, 1.807) is 25.3 Å². The summed E-state index contributed by atoms with van der Waals surface area (Å²) in [6, 6.07) is 7.33. The molecule has 0 spiro atoms. The average Bonchev–Trinajstić information content (AvgIpc) is 2.51. The molecular formula is C17H23NO4. The van der Waals surface area contributed by atoms with E-state index in [1.165, 1.54) is 6.08 Å². The van der Waals surface area contributed by atoms with E-state index in [4.69, 9.17) is 9.47 Å². The molecule has 1 aromatic carbocycles. The molecule has 0 aromatic heterocycles. The molecule has 0 bridgehead atoms. The number of rotatable bonds is 8. The van der Waals surface area contributed by atoms with Crippen LogP contribution in [0.25, 0.3) is 6.08 Å². The lowest BCUT2D eigenvalue weighted by molar-refractivity contribution is -0.144. The minimum Gasteiger partial charge on any atom is -0.497 e. The molecule has 1 amide bonds. The molecule has 1 aromatic rings. The summed E-state index contributed by atoms with van der Waals surface area (Å²) in [6.45, 7) is 3.71. The van der Waals surface area contributed by atoms with Crippen molar-refractivity contribution in [2.45, 2.75) is 32.7 Å². The molecule has 0 fully saturated rings. The average molecular weight is 305 g/mol. The van der Waals surface area contributed by atoms with Crippen molar-refractivity contribution in [1.82, 2.24) is 5.32 Å². The minimum atomic E-state index is -0.547. The first kappa shape index (κ1) is 17.8. The molecule has 0 radical (unpaired) electrons. The molecule has 0 unspecified atom stereocenters. The van der Waals surface area contributed by atoms with Gasteiger partial charge in [0.05, 0.1) is 7.11 Å². The van der Waals surface area contributed by atoms with Crippen LogP contribution in [0.4, 0.5) is 0 Å². The Bertz CT molecular complexity index is 508.